The van der Waals surface area contributed by atoms with E-state index in [1.54, 1.807) is 33.0 Å². The largest absolute Gasteiger partial charge is 0.497 e. The van der Waals surface area contributed by atoms with E-state index >= 15 is 4.39 Å². The summed E-state index contributed by atoms with van der Waals surface area (Å²) in [6.45, 7) is 3.41. The second-order valence-electron chi connectivity index (χ2n) is 12.4. The van der Waals surface area contributed by atoms with Crippen LogP contribution < -0.4 is 30.7 Å². The molecule has 0 aromatic heterocycles. The minimum absolute atomic E-state index is 0.109. The zero-order chi connectivity index (χ0) is 34.0. The molecule has 0 bridgehead atoms. The molecule has 6 rings (SSSR count). The molecule has 3 aromatic rings. The van der Waals surface area contributed by atoms with Crippen LogP contribution in [-0.4, -0.2) is 92.4 Å². The number of rotatable bonds is 11. The van der Waals surface area contributed by atoms with Crippen LogP contribution in [0.1, 0.15) is 30.5 Å². The molecule has 3 aliphatic heterocycles. The molecule has 5 N–H and O–H groups in total. The molecule has 2 amide bonds. The molecular weight excluding hydrogens is 621 g/mol. The molecule has 12 nitrogen and oxygen atoms in total. The van der Waals surface area contributed by atoms with Crippen molar-refractivity contribution >= 4 is 11.8 Å². The first-order valence-electron chi connectivity index (χ1n) is 16.0. The van der Waals surface area contributed by atoms with Crippen molar-refractivity contribution in [3.63, 3.8) is 0 Å². The number of hydrogen-bond donors (Lipinski definition) is 5. The Morgan fingerprint density at radius 2 is 1.58 bits per heavy atom. The third-order valence-corrected chi connectivity index (χ3v) is 9.14. The molecular formula is C35H42FN5O7. The summed E-state index contributed by atoms with van der Waals surface area (Å²) in [6, 6.07) is 23.9. The van der Waals surface area contributed by atoms with Crippen molar-refractivity contribution in [3.8, 4) is 11.5 Å². The van der Waals surface area contributed by atoms with E-state index in [9.17, 15) is 14.7 Å². The average molecular weight is 664 g/mol. The van der Waals surface area contributed by atoms with Gasteiger partial charge in [0.1, 0.15) is 41.6 Å². The van der Waals surface area contributed by atoms with Gasteiger partial charge in [-0.05, 0) is 41.0 Å². The van der Waals surface area contributed by atoms with Crippen LogP contribution in [0.25, 0.3) is 0 Å². The highest BCUT2D eigenvalue weighted by atomic mass is 19.1. The molecule has 0 aliphatic carbocycles. The van der Waals surface area contributed by atoms with Crippen molar-refractivity contribution < 1.29 is 38.0 Å². The first-order chi connectivity index (χ1) is 23.2. The van der Waals surface area contributed by atoms with Gasteiger partial charge < -0.3 is 34.7 Å². The lowest BCUT2D eigenvalue weighted by Gasteiger charge is -2.39. The van der Waals surface area contributed by atoms with Gasteiger partial charge in [-0.2, -0.15) is 0 Å². The van der Waals surface area contributed by atoms with Gasteiger partial charge in [0.15, 0.2) is 12.5 Å². The first kappa shape index (κ1) is 33.8. The third-order valence-electron chi connectivity index (χ3n) is 9.14. The number of methoxy groups -OCH3 is 2. The average Bonchev–Trinajstić information content (AvgIpc) is 3.66. The Hall–Kier alpha value is -4.11. The van der Waals surface area contributed by atoms with Gasteiger partial charge in [-0.1, -0.05) is 68.4 Å². The lowest BCUT2D eigenvalue weighted by molar-refractivity contribution is -0.137. The Bertz CT molecular complexity index is 1510. The fourth-order valence-corrected chi connectivity index (χ4v) is 6.50. The molecule has 0 spiro atoms. The van der Waals surface area contributed by atoms with Crippen LogP contribution >= 0.6 is 0 Å². The number of hydrogen-bond acceptors (Lipinski definition) is 10. The molecule has 256 valence electrons. The molecule has 0 radical (unpaired) electrons. The summed E-state index contributed by atoms with van der Waals surface area (Å²) < 4.78 is 39.9. The highest BCUT2D eigenvalue weighted by Crippen LogP contribution is 2.42. The standard InChI is InChI=1S/C35H42FN5O7/c1-20(2)31(43)39-34-38-30-28(32(44)40-34)37-19-41(30)33-27(36)29(42)26(48-33)18-47-35(21-8-6-5-7-9-21,22-10-14-24(45-3)15-11-22)23-12-16-25(46-4)17-13-23/h5-17,20,26-30,33-34,37-38,42H,18-19H2,1-4H3,(H,39,43)(H,40,44)/t26-,27-,28?,29-,30?,33-,34?/m1/s1. The van der Waals surface area contributed by atoms with E-state index in [0.717, 1.165) is 16.7 Å². The van der Waals surface area contributed by atoms with Crippen LogP contribution in [-0.2, 0) is 24.7 Å². The third kappa shape index (κ3) is 6.37. The Morgan fingerprint density at radius 1 is 1.00 bits per heavy atom. The Balaban J connectivity index is 1.28. The predicted octanol–water partition coefficient (Wildman–Crippen LogP) is 1.77. The summed E-state index contributed by atoms with van der Waals surface area (Å²) in [5, 5.41) is 22.9. The Labute approximate surface area is 278 Å². The number of ether oxygens (including phenoxy) is 4. The van der Waals surface area contributed by atoms with Crippen LogP contribution in [0.5, 0.6) is 11.5 Å². The van der Waals surface area contributed by atoms with Crippen LogP contribution in [0.4, 0.5) is 4.39 Å². The van der Waals surface area contributed by atoms with E-state index in [4.69, 9.17) is 18.9 Å². The van der Waals surface area contributed by atoms with E-state index in [2.05, 4.69) is 21.3 Å². The molecule has 3 saturated heterocycles. The second-order valence-corrected chi connectivity index (χ2v) is 12.4. The minimum atomic E-state index is -1.82. The Kier molecular flexibility index (Phi) is 9.97. The maximum Gasteiger partial charge on any atom is 0.242 e. The van der Waals surface area contributed by atoms with Crippen molar-refractivity contribution in [3.05, 3.63) is 95.6 Å². The highest BCUT2D eigenvalue weighted by molar-refractivity contribution is 5.85. The lowest BCUT2D eigenvalue weighted by atomic mass is 9.80. The van der Waals surface area contributed by atoms with E-state index < -0.39 is 48.7 Å². The van der Waals surface area contributed by atoms with Crippen LogP contribution in [0, 0.1) is 5.92 Å². The highest BCUT2D eigenvalue weighted by Gasteiger charge is 2.54. The molecule has 3 aromatic carbocycles. The predicted molar refractivity (Wildman–Crippen MR) is 173 cm³/mol. The quantitative estimate of drug-likeness (QED) is 0.193. The summed E-state index contributed by atoms with van der Waals surface area (Å²) in [6.07, 6.45) is -7.18. The van der Waals surface area contributed by atoms with Gasteiger partial charge in [-0.15, -0.1) is 0 Å². The number of carbonyl (C=O) groups excluding carboxylic acids is 2. The molecule has 0 saturated carbocycles. The summed E-state index contributed by atoms with van der Waals surface area (Å²) in [5.74, 6) is 0.425. The maximum absolute atomic E-state index is 16.0. The number of alkyl halides is 1. The number of benzene rings is 3. The second kappa shape index (κ2) is 14.2. The summed E-state index contributed by atoms with van der Waals surface area (Å²) in [4.78, 5) is 26.8. The smallest absolute Gasteiger partial charge is 0.242 e. The van der Waals surface area contributed by atoms with Crippen molar-refractivity contribution in [2.24, 2.45) is 5.92 Å². The van der Waals surface area contributed by atoms with Crippen molar-refractivity contribution in [1.82, 2.24) is 26.2 Å². The normalized spacial score (nSPS) is 27.4. The van der Waals surface area contributed by atoms with Crippen LogP contribution in [0.2, 0.25) is 0 Å². The number of aliphatic hydroxyl groups excluding tert-OH is 1. The number of halogens is 1. The monoisotopic (exact) mass is 663 g/mol. The van der Waals surface area contributed by atoms with E-state index in [-0.39, 0.29) is 31.0 Å². The van der Waals surface area contributed by atoms with E-state index in [1.165, 1.54) is 0 Å². The zero-order valence-electron chi connectivity index (χ0n) is 27.3. The van der Waals surface area contributed by atoms with E-state index in [1.807, 2.05) is 78.9 Å². The molecule has 48 heavy (non-hydrogen) atoms. The molecule has 3 fully saturated rings. The lowest BCUT2D eigenvalue weighted by Crippen LogP contribution is -2.72. The summed E-state index contributed by atoms with van der Waals surface area (Å²) in [5.41, 5.74) is 1.16. The van der Waals surface area contributed by atoms with Crippen molar-refractivity contribution in [1.29, 1.82) is 0 Å². The number of fused-ring (bicyclic) bond motifs is 1. The minimum Gasteiger partial charge on any atom is -0.497 e. The number of nitrogens with zero attached hydrogens (tertiary/aromatic N) is 1. The van der Waals surface area contributed by atoms with E-state index in [0.29, 0.717) is 11.5 Å². The van der Waals surface area contributed by atoms with Gasteiger partial charge >= 0.3 is 0 Å². The first-order valence-corrected chi connectivity index (χ1v) is 16.0. The van der Waals surface area contributed by atoms with Crippen LogP contribution in [0.3, 0.4) is 0 Å². The van der Waals surface area contributed by atoms with Crippen LogP contribution in [0.15, 0.2) is 78.9 Å². The number of nitrogens with one attached hydrogen (secondary N) is 4. The fraction of sp³-hybridized carbons (Fsp3) is 0.429. The molecule has 13 heteroatoms. The summed E-state index contributed by atoms with van der Waals surface area (Å²) in [7, 11) is 3.19. The van der Waals surface area contributed by atoms with Gasteiger partial charge in [-0.3, -0.25) is 20.2 Å². The molecule has 3 aliphatic rings. The van der Waals surface area contributed by atoms with Gasteiger partial charge in [0.05, 0.1) is 33.7 Å². The number of aliphatic hydroxyl groups is 1. The van der Waals surface area contributed by atoms with Gasteiger partial charge in [0.25, 0.3) is 0 Å². The van der Waals surface area contributed by atoms with Gasteiger partial charge in [0, 0.05) is 5.92 Å². The number of carbonyl (C=O) groups is 2. The fourth-order valence-electron chi connectivity index (χ4n) is 6.50. The topological polar surface area (TPSA) is 143 Å². The Morgan fingerprint density at radius 3 is 2.15 bits per heavy atom. The van der Waals surface area contributed by atoms with Gasteiger partial charge in [0.2, 0.25) is 11.8 Å². The summed E-state index contributed by atoms with van der Waals surface area (Å²) >= 11 is 0. The molecule has 7 atom stereocenters. The zero-order valence-corrected chi connectivity index (χ0v) is 27.3. The van der Waals surface area contributed by atoms with Crippen molar-refractivity contribution in [2.45, 2.75) is 62.6 Å². The molecule has 3 heterocycles. The number of amides is 2. The maximum atomic E-state index is 16.0. The molecule has 3 unspecified atom stereocenters. The SMILES string of the molecule is COc1ccc(C(OC[C@H]2O[C@@H](N3CNC4C(=O)NC(NC(=O)C(C)C)NC43)[C@H](F)[C@@H]2O)(c2ccccc2)c2ccc(OC)cc2)cc1. The van der Waals surface area contributed by atoms with Crippen molar-refractivity contribution in [2.75, 3.05) is 27.5 Å². The van der Waals surface area contributed by atoms with Gasteiger partial charge in [-0.25, -0.2) is 9.29 Å².